The number of hydrogen-bond donors (Lipinski definition) is 2. The van der Waals surface area contributed by atoms with Crippen LogP contribution in [0.4, 0.5) is 0 Å². The van der Waals surface area contributed by atoms with E-state index in [0.29, 0.717) is 5.56 Å². The number of nitrogens with one attached hydrogen (secondary N) is 1. The van der Waals surface area contributed by atoms with Crippen molar-refractivity contribution < 1.29 is 9.90 Å². The second-order valence-electron chi connectivity index (χ2n) is 6.37. The zero-order valence-corrected chi connectivity index (χ0v) is 12.6. The van der Waals surface area contributed by atoms with Crippen molar-refractivity contribution in [3.05, 3.63) is 34.9 Å². The van der Waals surface area contributed by atoms with Gasteiger partial charge in [-0.2, -0.15) is 0 Å². The molecule has 3 heteroatoms. The molecule has 1 amide bonds. The van der Waals surface area contributed by atoms with Crippen LogP contribution in [0.25, 0.3) is 0 Å². The second kappa shape index (κ2) is 6.20. The zero-order chi connectivity index (χ0) is 14.6. The van der Waals surface area contributed by atoms with Crippen LogP contribution in [-0.4, -0.2) is 23.7 Å². The van der Waals surface area contributed by atoms with Crippen LogP contribution in [0.1, 0.15) is 48.7 Å². The van der Waals surface area contributed by atoms with Crippen molar-refractivity contribution >= 4 is 5.91 Å². The lowest BCUT2D eigenvalue weighted by atomic mass is 9.88. The van der Waals surface area contributed by atoms with E-state index in [4.69, 9.17) is 0 Å². The topological polar surface area (TPSA) is 49.3 Å². The molecule has 0 aliphatic heterocycles. The maximum atomic E-state index is 12.3. The molecule has 0 aromatic heterocycles. The maximum absolute atomic E-state index is 12.3. The highest BCUT2D eigenvalue weighted by atomic mass is 16.3. The Morgan fingerprint density at radius 3 is 2.47 bits per heavy atom. The van der Waals surface area contributed by atoms with E-state index >= 15 is 0 Å². The van der Waals surface area contributed by atoms with Crippen molar-refractivity contribution in [2.24, 2.45) is 5.41 Å². The minimum atomic E-state index is -0.201. The quantitative estimate of drug-likeness (QED) is 0.877. The number of carbonyl (C=O) groups excluding carboxylic acids is 1. The summed E-state index contributed by atoms with van der Waals surface area (Å²) in [6, 6.07) is 5.50. The fraction of sp³-hybridized carbons (Fsp3) is 0.562. The van der Waals surface area contributed by atoms with Crippen molar-refractivity contribution in [1.82, 2.24) is 5.32 Å². The van der Waals surface area contributed by atoms with Crippen molar-refractivity contribution in [1.29, 1.82) is 0 Å². The van der Waals surface area contributed by atoms with Gasteiger partial charge in [-0.1, -0.05) is 32.9 Å². The van der Waals surface area contributed by atoms with E-state index in [2.05, 4.69) is 26.1 Å². The highest BCUT2D eigenvalue weighted by molar-refractivity contribution is 5.96. The Bertz CT molecular complexity index is 447. The third-order valence-electron chi connectivity index (χ3n) is 3.26. The Morgan fingerprint density at radius 2 is 1.95 bits per heavy atom. The van der Waals surface area contributed by atoms with Crippen LogP contribution in [0.3, 0.4) is 0 Å². The molecule has 1 aromatic carbocycles. The Kier molecular flexibility index (Phi) is 5.12. The van der Waals surface area contributed by atoms with Crippen LogP contribution in [0.15, 0.2) is 18.2 Å². The molecule has 19 heavy (non-hydrogen) atoms. The van der Waals surface area contributed by atoms with Crippen LogP contribution in [0.5, 0.6) is 0 Å². The van der Waals surface area contributed by atoms with E-state index < -0.39 is 0 Å². The largest absolute Gasteiger partial charge is 0.394 e. The normalized spacial score (nSPS) is 13.2. The summed E-state index contributed by atoms with van der Waals surface area (Å²) < 4.78 is 0. The first-order valence-electron chi connectivity index (χ1n) is 6.72. The molecule has 0 fully saturated rings. The summed E-state index contributed by atoms with van der Waals surface area (Å²) in [4.78, 5) is 12.3. The van der Waals surface area contributed by atoms with E-state index in [1.165, 1.54) is 0 Å². The molecule has 0 aliphatic carbocycles. The fourth-order valence-corrected chi connectivity index (χ4v) is 2.16. The number of aliphatic hydroxyl groups excluding tert-OH is 1. The molecule has 1 aromatic rings. The third-order valence-corrected chi connectivity index (χ3v) is 3.26. The van der Waals surface area contributed by atoms with E-state index in [1.807, 2.05) is 32.0 Å². The van der Waals surface area contributed by atoms with Gasteiger partial charge in [-0.15, -0.1) is 0 Å². The van der Waals surface area contributed by atoms with E-state index in [-0.39, 0.29) is 24.0 Å². The lowest BCUT2D eigenvalue weighted by Gasteiger charge is -2.25. The minimum absolute atomic E-state index is 0.0339. The molecule has 0 saturated carbocycles. The van der Waals surface area contributed by atoms with Crippen LogP contribution in [-0.2, 0) is 0 Å². The molecule has 0 bridgehead atoms. The van der Waals surface area contributed by atoms with Crippen LogP contribution in [0, 0.1) is 19.3 Å². The number of amides is 1. The van der Waals surface area contributed by atoms with Crippen LogP contribution in [0.2, 0.25) is 0 Å². The van der Waals surface area contributed by atoms with Crippen LogP contribution < -0.4 is 5.32 Å². The van der Waals surface area contributed by atoms with Gasteiger partial charge in [-0.25, -0.2) is 0 Å². The predicted octanol–water partition coefficient (Wildman–Crippen LogP) is 2.83. The summed E-state index contributed by atoms with van der Waals surface area (Å²) in [5.74, 6) is -0.107. The van der Waals surface area contributed by atoms with Gasteiger partial charge in [-0.05, 0) is 42.9 Å². The van der Waals surface area contributed by atoms with E-state index in [1.54, 1.807) is 0 Å². The molecule has 0 spiro atoms. The average molecular weight is 263 g/mol. The van der Waals surface area contributed by atoms with Gasteiger partial charge in [0.05, 0.1) is 12.6 Å². The Hall–Kier alpha value is -1.35. The third kappa shape index (κ3) is 4.67. The van der Waals surface area contributed by atoms with Gasteiger partial charge in [0.15, 0.2) is 0 Å². The summed E-state index contributed by atoms with van der Waals surface area (Å²) in [5.41, 5.74) is 2.85. The Morgan fingerprint density at radius 1 is 1.32 bits per heavy atom. The summed E-state index contributed by atoms with van der Waals surface area (Å²) in [6.07, 6.45) is 0.750. The van der Waals surface area contributed by atoms with Gasteiger partial charge in [0.1, 0.15) is 0 Å². The van der Waals surface area contributed by atoms with Crippen molar-refractivity contribution in [2.45, 2.75) is 47.1 Å². The number of aryl methyl sites for hydroxylation is 1. The van der Waals surface area contributed by atoms with E-state index in [0.717, 1.165) is 17.5 Å². The molecular formula is C16H25NO2. The lowest BCUT2D eigenvalue weighted by Crippen LogP contribution is -2.40. The average Bonchev–Trinajstić information content (AvgIpc) is 2.29. The highest BCUT2D eigenvalue weighted by Gasteiger charge is 2.21. The molecule has 1 unspecified atom stereocenters. The fourth-order valence-electron chi connectivity index (χ4n) is 2.16. The first-order chi connectivity index (χ1) is 8.74. The SMILES string of the molecule is Cc1cccc(C(=O)NC(CO)CC(C)(C)C)c1C. The Balaban J connectivity index is 2.80. The van der Waals surface area contributed by atoms with Gasteiger partial charge in [-0.3, -0.25) is 4.79 Å². The number of carbonyl (C=O) groups is 1. The van der Waals surface area contributed by atoms with Gasteiger partial charge < -0.3 is 10.4 Å². The highest BCUT2D eigenvalue weighted by Crippen LogP contribution is 2.21. The molecule has 0 heterocycles. The van der Waals surface area contributed by atoms with Gasteiger partial charge in [0.25, 0.3) is 5.91 Å². The van der Waals surface area contributed by atoms with E-state index in [9.17, 15) is 9.90 Å². The van der Waals surface area contributed by atoms with Crippen molar-refractivity contribution in [3.8, 4) is 0 Å². The first kappa shape index (κ1) is 15.7. The monoisotopic (exact) mass is 263 g/mol. The molecule has 0 aliphatic rings. The Labute approximate surface area is 116 Å². The maximum Gasteiger partial charge on any atom is 0.251 e. The predicted molar refractivity (Wildman–Crippen MR) is 78.3 cm³/mol. The van der Waals surface area contributed by atoms with Gasteiger partial charge in [0.2, 0.25) is 0 Å². The summed E-state index contributed by atoms with van der Waals surface area (Å²) in [7, 11) is 0. The number of aliphatic hydroxyl groups is 1. The molecule has 106 valence electrons. The molecule has 0 saturated heterocycles. The minimum Gasteiger partial charge on any atom is -0.394 e. The standard InChI is InChI=1S/C16H25NO2/c1-11-7-6-8-14(12(11)2)15(19)17-13(10-18)9-16(3,4)5/h6-8,13,18H,9-10H2,1-5H3,(H,17,19). The van der Waals surface area contributed by atoms with Crippen LogP contribution >= 0.6 is 0 Å². The number of rotatable bonds is 4. The molecule has 0 radical (unpaired) electrons. The summed E-state index contributed by atoms with van der Waals surface area (Å²) in [5, 5.41) is 12.3. The molecule has 1 rings (SSSR count). The summed E-state index contributed by atoms with van der Waals surface area (Å²) >= 11 is 0. The van der Waals surface area contributed by atoms with Crippen molar-refractivity contribution in [2.75, 3.05) is 6.61 Å². The number of benzene rings is 1. The molecule has 1 atom stereocenters. The van der Waals surface area contributed by atoms with Gasteiger partial charge >= 0.3 is 0 Å². The zero-order valence-electron chi connectivity index (χ0n) is 12.6. The lowest BCUT2D eigenvalue weighted by molar-refractivity contribution is 0.0897. The number of hydrogen-bond acceptors (Lipinski definition) is 2. The first-order valence-corrected chi connectivity index (χ1v) is 6.72. The second-order valence-corrected chi connectivity index (χ2v) is 6.37. The van der Waals surface area contributed by atoms with Crippen molar-refractivity contribution in [3.63, 3.8) is 0 Å². The molecule has 2 N–H and O–H groups in total. The smallest absolute Gasteiger partial charge is 0.251 e. The molecule has 3 nitrogen and oxygen atoms in total. The van der Waals surface area contributed by atoms with Gasteiger partial charge in [0, 0.05) is 5.56 Å². The molecular weight excluding hydrogens is 238 g/mol. The summed E-state index contributed by atoms with van der Waals surface area (Å²) in [6.45, 7) is 10.2.